The number of benzene rings is 1. The van der Waals surface area contributed by atoms with E-state index in [9.17, 15) is 4.39 Å². The maximum atomic E-state index is 13.0. The monoisotopic (exact) mass is 261 g/mol. The second-order valence-corrected chi connectivity index (χ2v) is 4.03. The standard InChI is InChI=1S/C13H9ClFN3/c14-11-6-10(3-4-12(11)15)18-13(7-16)9-2-1-5-17-8-9/h1-6,8,13,18H. The van der Waals surface area contributed by atoms with E-state index >= 15 is 0 Å². The van der Waals surface area contributed by atoms with Crippen molar-refractivity contribution in [3.63, 3.8) is 0 Å². The molecule has 0 aliphatic rings. The summed E-state index contributed by atoms with van der Waals surface area (Å²) in [5.74, 6) is -0.489. The number of rotatable bonds is 3. The van der Waals surface area contributed by atoms with E-state index in [0.29, 0.717) is 5.69 Å². The number of nitrogens with zero attached hydrogens (tertiary/aromatic N) is 2. The van der Waals surface area contributed by atoms with E-state index in [1.54, 1.807) is 24.5 Å². The maximum absolute atomic E-state index is 13.0. The first-order chi connectivity index (χ1) is 8.70. The maximum Gasteiger partial charge on any atom is 0.141 e. The molecule has 0 aliphatic heterocycles. The average molecular weight is 262 g/mol. The van der Waals surface area contributed by atoms with E-state index in [2.05, 4.69) is 16.4 Å². The third kappa shape index (κ3) is 2.76. The Hall–Kier alpha value is -2.12. The molecule has 0 aliphatic carbocycles. The summed E-state index contributed by atoms with van der Waals surface area (Å²) in [4.78, 5) is 3.95. The molecule has 0 saturated carbocycles. The molecule has 0 fully saturated rings. The quantitative estimate of drug-likeness (QED) is 0.919. The minimum Gasteiger partial charge on any atom is -0.366 e. The highest BCUT2D eigenvalue weighted by Gasteiger charge is 2.11. The first kappa shape index (κ1) is 12.3. The van der Waals surface area contributed by atoms with Crippen LogP contribution in [-0.4, -0.2) is 4.98 Å². The van der Waals surface area contributed by atoms with Gasteiger partial charge in [0.2, 0.25) is 0 Å². The van der Waals surface area contributed by atoms with Gasteiger partial charge in [-0.3, -0.25) is 4.98 Å². The molecule has 1 atom stereocenters. The van der Waals surface area contributed by atoms with Gasteiger partial charge in [0, 0.05) is 23.6 Å². The largest absolute Gasteiger partial charge is 0.366 e. The predicted molar refractivity (Wildman–Crippen MR) is 67.6 cm³/mol. The van der Waals surface area contributed by atoms with Gasteiger partial charge in [0.1, 0.15) is 11.9 Å². The van der Waals surface area contributed by atoms with Gasteiger partial charge in [0.15, 0.2) is 0 Å². The number of halogens is 2. The molecule has 18 heavy (non-hydrogen) atoms. The van der Waals surface area contributed by atoms with Gasteiger partial charge in [-0.1, -0.05) is 17.7 Å². The number of aromatic nitrogens is 1. The minimum atomic E-state index is -0.555. The Balaban J connectivity index is 2.21. The van der Waals surface area contributed by atoms with Gasteiger partial charge in [0.05, 0.1) is 11.1 Å². The number of pyridine rings is 1. The summed E-state index contributed by atoms with van der Waals surface area (Å²) in [6.45, 7) is 0. The summed E-state index contributed by atoms with van der Waals surface area (Å²) in [5.41, 5.74) is 1.32. The van der Waals surface area contributed by atoms with Crippen molar-refractivity contribution in [1.29, 1.82) is 5.26 Å². The fourth-order valence-corrected chi connectivity index (χ4v) is 1.67. The molecule has 0 spiro atoms. The second kappa shape index (κ2) is 5.48. The molecule has 0 radical (unpaired) electrons. The van der Waals surface area contributed by atoms with Crippen LogP contribution in [0.2, 0.25) is 5.02 Å². The molecule has 1 unspecified atom stereocenters. The van der Waals surface area contributed by atoms with Gasteiger partial charge in [-0.05, 0) is 24.3 Å². The molecule has 5 heteroatoms. The van der Waals surface area contributed by atoms with E-state index in [-0.39, 0.29) is 5.02 Å². The van der Waals surface area contributed by atoms with E-state index in [4.69, 9.17) is 16.9 Å². The number of anilines is 1. The van der Waals surface area contributed by atoms with Crippen LogP contribution < -0.4 is 5.32 Å². The third-order valence-electron chi connectivity index (χ3n) is 2.38. The molecule has 1 N–H and O–H groups in total. The summed E-state index contributed by atoms with van der Waals surface area (Å²) in [6, 6.07) is 9.32. The molecular weight excluding hydrogens is 253 g/mol. The second-order valence-electron chi connectivity index (χ2n) is 3.62. The summed E-state index contributed by atoms with van der Waals surface area (Å²) < 4.78 is 13.0. The van der Waals surface area contributed by atoms with Crippen molar-refractivity contribution in [3.8, 4) is 6.07 Å². The molecule has 1 aromatic heterocycles. The highest BCUT2D eigenvalue weighted by Crippen LogP contribution is 2.23. The van der Waals surface area contributed by atoms with E-state index < -0.39 is 11.9 Å². The number of nitriles is 1. The van der Waals surface area contributed by atoms with Crippen LogP contribution in [0, 0.1) is 17.1 Å². The van der Waals surface area contributed by atoms with Gasteiger partial charge in [-0.2, -0.15) is 5.26 Å². The SMILES string of the molecule is N#CC(Nc1ccc(F)c(Cl)c1)c1cccnc1. The third-order valence-corrected chi connectivity index (χ3v) is 2.67. The van der Waals surface area contributed by atoms with Gasteiger partial charge in [-0.15, -0.1) is 0 Å². The van der Waals surface area contributed by atoms with Gasteiger partial charge in [-0.25, -0.2) is 4.39 Å². The zero-order valence-corrected chi connectivity index (χ0v) is 10.0. The van der Waals surface area contributed by atoms with Crippen molar-refractivity contribution >= 4 is 17.3 Å². The summed E-state index contributed by atoms with van der Waals surface area (Å²) in [6.07, 6.45) is 3.23. The number of hydrogen-bond acceptors (Lipinski definition) is 3. The Bertz CT molecular complexity index is 581. The zero-order chi connectivity index (χ0) is 13.0. The molecule has 90 valence electrons. The van der Waals surface area contributed by atoms with Crippen LogP contribution in [0.1, 0.15) is 11.6 Å². The Kier molecular flexibility index (Phi) is 3.75. The van der Waals surface area contributed by atoms with Crippen molar-refractivity contribution < 1.29 is 4.39 Å². The van der Waals surface area contributed by atoms with Crippen molar-refractivity contribution in [2.75, 3.05) is 5.32 Å². The Morgan fingerprint density at radius 2 is 2.22 bits per heavy atom. The number of nitrogens with one attached hydrogen (secondary N) is 1. The van der Waals surface area contributed by atoms with Crippen LogP contribution >= 0.6 is 11.6 Å². The molecule has 1 heterocycles. The Labute approximate surface area is 109 Å². The van der Waals surface area contributed by atoms with Crippen LogP contribution in [0.3, 0.4) is 0 Å². The molecular formula is C13H9ClFN3. The molecule has 2 aromatic rings. The zero-order valence-electron chi connectivity index (χ0n) is 9.27. The fraction of sp³-hybridized carbons (Fsp3) is 0.0769. The smallest absolute Gasteiger partial charge is 0.141 e. The highest BCUT2D eigenvalue weighted by atomic mass is 35.5. The van der Waals surface area contributed by atoms with Crippen LogP contribution in [0.4, 0.5) is 10.1 Å². The molecule has 3 nitrogen and oxygen atoms in total. The highest BCUT2D eigenvalue weighted by molar-refractivity contribution is 6.31. The van der Waals surface area contributed by atoms with Crippen LogP contribution in [0.5, 0.6) is 0 Å². The van der Waals surface area contributed by atoms with Gasteiger partial charge in [0.25, 0.3) is 0 Å². The minimum absolute atomic E-state index is 0.0166. The molecule has 0 bridgehead atoms. The fourth-order valence-electron chi connectivity index (χ4n) is 1.49. The van der Waals surface area contributed by atoms with Crippen molar-refractivity contribution in [3.05, 3.63) is 59.1 Å². The van der Waals surface area contributed by atoms with Crippen molar-refractivity contribution in [1.82, 2.24) is 4.98 Å². The summed E-state index contributed by atoms with van der Waals surface area (Å²) in [5, 5.41) is 12.1. The Morgan fingerprint density at radius 3 is 2.83 bits per heavy atom. The lowest BCUT2D eigenvalue weighted by molar-refractivity contribution is 0.628. The van der Waals surface area contributed by atoms with Crippen LogP contribution in [0.15, 0.2) is 42.7 Å². The van der Waals surface area contributed by atoms with E-state index in [0.717, 1.165) is 5.56 Å². The molecule has 0 saturated heterocycles. The normalized spacial score (nSPS) is 11.6. The average Bonchev–Trinajstić information content (AvgIpc) is 2.41. The van der Waals surface area contributed by atoms with Crippen molar-refractivity contribution in [2.45, 2.75) is 6.04 Å². The summed E-state index contributed by atoms with van der Waals surface area (Å²) in [7, 11) is 0. The van der Waals surface area contributed by atoms with E-state index in [1.807, 2.05) is 0 Å². The Morgan fingerprint density at radius 1 is 1.39 bits per heavy atom. The lowest BCUT2D eigenvalue weighted by Crippen LogP contribution is -2.08. The predicted octanol–water partition coefficient (Wildman–Crippen LogP) is 3.55. The first-order valence-corrected chi connectivity index (χ1v) is 5.59. The molecule has 0 amide bonds. The topological polar surface area (TPSA) is 48.7 Å². The first-order valence-electron chi connectivity index (χ1n) is 5.22. The molecule has 2 rings (SSSR count). The van der Waals surface area contributed by atoms with Crippen LogP contribution in [0.25, 0.3) is 0 Å². The van der Waals surface area contributed by atoms with Gasteiger partial charge < -0.3 is 5.32 Å². The lowest BCUT2D eigenvalue weighted by atomic mass is 10.1. The summed E-state index contributed by atoms with van der Waals surface area (Å²) >= 11 is 5.68. The molecule has 1 aromatic carbocycles. The van der Waals surface area contributed by atoms with Gasteiger partial charge >= 0.3 is 0 Å². The number of hydrogen-bond donors (Lipinski definition) is 1. The van der Waals surface area contributed by atoms with Crippen LogP contribution in [-0.2, 0) is 0 Å². The van der Waals surface area contributed by atoms with E-state index in [1.165, 1.54) is 18.2 Å². The lowest BCUT2D eigenvalue weighted by Gasteiger charge is -2.13. The van der Waals surface area contributed by atoms with Crippen molar-refractivity contribution in [2.24, 2.45) is 0 Å².